The van der Waals surface area contributed by atoms with E-state index in [4.69, 9.17) is 11.6 Å². The fraction of sp³-hybridized carbons (Fsp3) is 0.400. The SMILES string of the molecule is COC(=O)Cc1cc(C(F)F)nc(CCl)c1F. The smallest absolute Gasteiger partial charge is 0.310 e. The van der Waals surface area contributed by atoms with E-state index in [1.807, 2.05) is 0 Å². The van der Waals surface area contributed by atoms with Crippen molar-refractivity contribution >= 4 is 17.6 Å². The summed E-state index contributed by atoms with van der Waals surface area (Å²) in [4.78, 5) is 14.4. The summed E-state index contributed by atoms with van der Waals surface area (Å²) in [6.45, 7) is 0. The summed E-state index contributed by atoms with van der Waals surface area (Å²) in [5.41, 5.74) is -1.11. The molecule has 1 rings (SSSR count). The van der Waals surface area contributed by atoms with Crippen molar-refractivity contribution in [2.45, 2.75) is 18.7 Å². The number of ether oxygens (including phenoxy) is 1. The molecule has 0 fully saturated rings. The minimum absolute atomic E-state index is 0.196. The van der Waals surface area contributed by atoms with Gasteiger partial charge < -0.3 is 4.74 Å². The van der Waals surface area contributed by atoms with E-state index in [1.54, 1.807) is 0 Å². The number of hydrogen-bond acceptors (Lipinski definition) is 3. The van der Waals surface area contributed by atoms with Gasteiger partial charge in [0, 0.05) is 5.56 Å². The predicted molar refractivity (Wildman–Crippen MR) is 54.4 cm³/mol. The zero-order valence-corrected chi connectivity index (χ0v) is 9.60. The molecular formula is C10H9ClF3NO2. The van der Waals surface area contributed by atoms with Gasteiger partial charge in [0.2, 0.25) is 0 Å². The largest absolute Gasteiger partial charge is 0.469 e. The molecule has 7 heteroatoms. The van der Waals surface area contributed by atoms with E-state index >= 15 is 0 Å². The number of pyridine rings is 1. The molecule has 0 radical (unpaired) electrons. The van der Waals surface area contributed by atoms with E-state index in [-0.39, 0.29) is 17.1 Å². The van der Waals surface area contributed by atoms with Gasteiger partial charge in [-0.05, 0) is 6.07 Å². The lowest BCUT2D eigenvalue weighted by Crippen LogP contribution is -2.10. The minimum Gasteiger partial charge on any atom is -0.469 e. The van der Waals surface area contributed by atoms with Gasteiger partial charge in [0.05, 0.1) is 25.1 Å². The molecule has 94 valence electrons. The highest BCUT2D eigenvalue weighted by molar-refractivity contribution is 6.16. The second-order valence-corrected chi connectivity index (χ2v) is 3.42. The number of rotatable bonds is 4. The van der Waals surface area contributed by atoms with Crippen LogP contribution in [0.15, 0.2) is 6.07 Å². The van der Waals surface area contributed by atoms with Gasteiger partial charge in [-0.2, -0.15) is 0 Å². The summed E-state index contributed by atoms with van der Waals surface area (Å²) >= 11 is 5.39. The van der Waals surface area contributed by atoms with Crippen LogP contribution in [-0.4, -0.2) is 18.1 Å². The molecule has 17 heavy (non-hydrogen) atoms. The van der Waals surface area contributed by atoms with Gasteiger partial charge >= 0.3 is 5.97 Å². The third kappa shape index (κ3) is 3.33. The molecule has 0 unspecified atom stereocenters. The lowest BCUT2D eigenvalue weighted by atomic mass is 10.1. The van der Waals surface area contributed by atoms with Gasteiger partial charge in [0.15, 0.2) is 0 Å². The lowest BCUT2D eigenvalue weighted by Gasteiger charge is -2.08. The summed E-state index contributed by atoms with van der Waals surface area (Å²) in [5.74, 6) is -1.92. The maximum Gasteiger partial charge on any atom is 0.310 e. The first kappa shape index (κ1) is 13.8. The number of aromatic nitrogens is 1. The van der Waals surface area contributed by atoms with E-state index in [1.165, 1.54) is 0 Å². The average Bonchev–Trinajstić information content (AvgIpc) is 2.31. The minimum atomic E-state index is -2.85. The van der Waals surface area contributed by atoms with Crippen LogP contribution < -0.4 is 0 Å². The van der Waals surface area contributed by atoms with Crippen molar-refractivity contribution in [2.24, 2.45) is 0 Å². The van der Waals surface area contributed by atoms with E-state index in [0.29, 0.717) is 0 Å². The number of carbonyl (C=O) groups excluding carboxylic acids is 1. The second-order valence-electron chi connectivity index (χ2n) is 3.15. The van der Waals surface area contributed by atoms with Crippen LogP contribution in [0.1, 0.15) is 23.4 Å². The van der Waals surface area contributed by atoms with Gasteiger partial charge in [0.25, 0.3) is 6.43 Å². The first-order valence-electron chi connectivity index (χ1n) is 4.58. The normalized spacial score (nSPS) is 10.7. The van der Waals surface area contributed by atoms with E-state index < -0.39 is 30.3 Å². The van der Waals surface area contributed by atoms with Gasteiger partial charge in [-0.1, -0.05) is 0 Å². The average molecular weight is 268 g/mol. The molecule has 3 nitrogen and oxygen atoms in total. The van der Waals surface area contributed by atoms with Crippen LogP contribution in [0.3, 0.4) is 0 Å². The Balaban J connectivity index is 3.17. The van der Waals surface area contributed by atoms with Crippen LogP contribution in [0.25, 0.3) is 0 Å². The lowest BCUT2D eigenvalue weighted by molar-refractivity contribution is -0.139. The maximum atomic E-state index is 13.6. The number of hydrogen-bond donors (Lipinski definition) is 0. The second kappa shape index (κ2) is 5.86. The molecular weight excluding hydrogens is 259 g/mol. The fourth-order valence-electron chi connectivity index (χ4n) is 1.22. The van der Waals surface area contributed by atoms with Crippen molar-refractivity contribution in [3.8, 4) is 0 Å². The van der Waals surface area contributed by atoms with Crippen LogP contribution in [0, 0.1) is 5.82 Å². The van der Waals surface area contributed by atoms with E-state index in [2.05, 4.69) is 9.72 Å². The van der Waals surface area contributed by atoms with Gasteiger partial charge in [-0.25, -0.2) is 18.2 Å². The number of methoxy groups -OCH3 is 1. The standard InChI is InChI=1S/C10H9ClF3NO2/c1-17-8(16)3-5-2-6(10(13)14)15-7(4-11)9(5)12/h2,10H,3-4H2,1H3. The zero-order valence-electron chi connectivity index (χ0n) is 8.84. The van der Waals surface area contributed by atoms with Crippen molar-refractivity contribution in [1.29, 1.82) is 0 Å². The summed E-state index contributed by atoms with van der Waals surface area (Å²) in [6, 6.07) is 0.840. The molecule has 1 heterocycles. The van der Waals surface area contributed by atoms with Crippen LogP contribution in [0.5, 0.6) is 0 Å². The van der Waals surface area contributed by atoms with Crippen molar-refractivity contribution in [3.63, 3.8) is 0 Å². The van der Waals surface area contributed by atoms with Gasteiger partial charge in [0.1, 0.15) is 11.5 Å². The fourth-order valence-corrected chi connectivity index (χ4v) is 1.40. The summed E-state index contributed by atoms with van der Waals surface area (Å²) in [6.07, 6.45) is -3.29. The van der Waals surface area contributed by atoms with Crippen LogP contribution >= 0.6 is 11.6 Å². The Morgan fingerprint density at radius 2 is 2.24 bits per heavy atom. The summed E-state index contributed by atoms with van der Waals surface area (Å²) < 4.78 is 42.9. The van der Waals surface area contributed by atoms with E-state index in [9.17, 15) is 18.0 Å². The van der Waals surface area contributed by atoms with Crippen LogP contribution in [-0.2, 0) is 21.8 Å². The van der Waals surface area contributed by atoms with Crippen LogP contribution in [0.4, 0.5) is 13.2 Å². The Kier molecular flexibility index (Phi) is 4.74. The molecule has 0 aliphatic heterocycles. The number of alkyl halides is 3. The van der Waals surface area contributed by atoms with Crippen molar-refractivity contribution in [3.05, 3.63) is 28.8 Å². The molecule has 0 aromatic carbocycles. The monoisotopic (exact) mass is 267 g/mol. The van der Waals surface area contributed by atoms with Crippen molar-refractivity contribution < 1.29 is 22.7 Å². The van der Waals surface area contributed by atoms with Crippen LogP contribution in [0.2, 0.25) is 0 Å². The maximum absolute atomic E-state index is 13.6. The van der Waals surface area contributed by atoms with Crippen molar-refractivity contribution in [2.75, 3.05) is 7.11 Å². The van der Waals surface area contributed by atoms with Gasteiger partial charge in [-0.3, -0.25) is 4.79 Å². The first-order chi connectivity index (χ1) is 7.99. The Hall–Kier alpha value is -1.30. The van der Waals surface area contributed by atoms with Gasteiger partial charge in [-0.15, -0.1) is 11.6 Å². The Morgan fingerprint density at radius 1 is 1.59 bits per heavy atom. The summed E-state index contributed by atoms with van der Waals surface area (Å²) in [7, 11) is 1.12. The molecule has 0 amide bonds. The topological polar surface area (TPSA) is 39.2 Å². The Bertz CT molecular complexity index is 426. The molecule has 1 aromatic heterocycles. The molecule has 1 aromatic rings. The highest BCUT2D eigenvalue weighted by Crippen LogP contribution is 2.22. The number of carbonyl (C=O) groups is 1. The quantitative estimate of drug-likeness (QED) is 0.622. The Labute approximate surface area is 101 Å². The molecule has 0 N–H and O–H groups in total. The molecule has 0 aliphatic carbocycles. The molecule has 0 saturated heterocycles. The Morgan fingerprint density at radius 3 is 2.71 bits per heavy atom. The number of nitrogens with zero attached hydrogens (tertiary/aromatic N) is 1. The highest BCUT2D eigenvalue weighted by Gasteiger charge is 2.19. The third-order valence-electron chi connectivity index (χ3n) is 2.03. The third-order valence-corrected chi connectivity index (χ3v) is 2.29. The van der Waals surface area contributed by atoms with E-state index in [0.717, 1.165) is 13.2 Å². The van der Waals surface area contributed by atoms with Crippen molar-refractivity contribution in [1.82, 2.24) is 4.98 Å². The highest BCUT2D eigenvalue weighted by atomic mass is 35.5. The number of halogens is 4. The molecule has 0 saturated carbocycles. The zero-order chi connectivity index (χ0) is 13.0. The summed E-state index contributed by atoms with van der Waals surface area (Å²) in [5, 5.41) is 0. The molecule has 0 aliphatic rings. The number of esters is 1. The predicted octanol–water partition coefficient (Wildman–Crippen LogP) is 2.61. The molecule has 0 bridgehead atoms. The molecule has 0 atom stereocenters. The molecule has 0 spiro atoms. The first-order valence-corrected chi connectivity index (χ1v) is 5.12.